The monoisotopic (exact) mass is 469 g/mol. The minimum absolute atomic E-state index is 0.106. The molecule has 0 saturated carbocycles. The Hall–Kier alpha value is -4.33. The van der Waals surface area contributed by atoms with E-state index < -0.39 is 23.9 Å². The number of benzene rings is 2. The second kappa shape index (κ2) is 9.13. The molecule has 1 aromatic heterocycles. The fraction of sp³-hybridized carbons (Fsp3) is 0.222. The van der Waals surface area contributed by atoms with E-state index in [9.17, 15) is 19.2 Å². The highest BCUT2D eigenvalue weighted by atomic mass is 16.5. The Morgan fingerprint density at radius 3 is 2.54 bits per heavy atom. The number of fused-ring (bicyclic) bond motifs is 2. The van der Waals surface area contributed by atoms with Crippen molar-refractivity contribution in [1.29, 1.82) is 0 Å². The third-order valence-corrected chi connectivity index (χ3v) is 6.30. The van der Waals surface area contributed by atoms with Gasteiger partial charge in [0.15, 0.2) is 6.10 Å². The van der Waals surface area contributed by atoms with E-state index in [1.165, 1.54) is 25.1 Å². The first-order valence-corrected chi connectivity index (χ1v) is 11.4. The summed E-state index contributed by atoms with van der Waals surface area (Å²) in [6, 6.07) is 15.4. The molecule has 0 fully saturated rings. The number of carbonyl (C=O) groups excluding carboxylic acids is 4. The maximum atomic E-state index is 13.1. The molecule has 8 heteroatoms. The van der Waals surface area contributed by atoms with Crippen LogP contribution in [0.5, 0.6) is 0 Å². The van der Waals surface area contributed by atoms with E-state index in [-0.39, 0.29) is 29.1 Å². The average Bonchev–Trinajstić information content (AvgIpc) is 3.12. The van der Waals surface area contributed by atoms with Gasteiger partial charge in [0, 0.05) is 24.6 Å². The number of nitrogens with zero attached hydrogens (tertiary/aromatic N) is 3. The maximum Gasteiger partial charge on any atom is 0.338 e. The molecule has 0 unspecified atom stereocenters. The first-order chi connectivity index (χ1) is 16.9. The Kier molecular flexibility index (Phi) is 5.86. The molecular formula is C27H23N3O5. The van der Waals surface area contributed by atoms with Crippen molar-refractivity contribution >= 4 is 29.4 Å². The average molecular weight is 469 g/mol. The number of hydrogen-bond donors (Lipinski definition) is 0. The van der Waals surface area contributed by atoms with E-state index in [4.69, 9.17) is 4.74 Å². The van der Waals surface area contributed by atoms with Gasteiger partial charge in [0.05, 0.1) is 23.2 Å². The second-order valence-electron chi connectivity index (χ2n) is 8.58. The van der Waals surface area contributed by atoms with Crippen LogP contribution in [-0.4, -0.2) is 46.2 Å². The van der Waals surface area contributed by atoms with E-state index in [0.29, 0.717) is 6.54 Å². The van der Waals surface area contributed by atoms with Crippen molar-refractivity contribution in [2.24, 2.45) is 0 Å². The highest BCUT2D eigenvalue weighted by molar-refractivity contribution is 6.21. The minimum atomic E-state index is -1.01. The van der Waals surface area contributed by atoms with Crippen LogP contribution in [0.4, 0.5) is 5.69 Å². The second-order valence-corrected chi connectivity index (χ2v) is 8.58. The van der Waals surface area contributed by atoms with Crippen molar-refractivity contribution in [2.75, 3.05) is 11.4 Å². The Morgan fingerprint density at radius 1 is 1.00 bits per heavy atom. The predicted octanol–water partition coefficient (Wildman–Crippen LogP) is 3.40. The molecule has 0 radical (unpaired) electrons. The largest absolute Gasteiger partial charge is 0.449 e. The van der Waals surface area contributed by atoms with Crippen molar-refractivity contribution in [2.45, 2.75) is 32.4 Å². The predicted molar refractivity (Wildman–Crippen MR) is 127 cm³/mol. The van der Waals surface area contributed by atoms with E-state index in [1.807, 2.05) is 24.3 Å². The van der Waals surface area contributed by atoms with E-state index in [2.05, 4.69) is 4.98 Å². The zero-order valence-corrected chi connectivity index (χ0v) is 19.1. The summed E-state index contributed by atoms with van der Waals surface area (Å²) >= 11 is 0. The van der Waals surface area contributed by atoms with Gasteiger partial charge in [-0.3, -0.25) is 24.3 Å². The summed E-state index contributed by atoms with van der Waals surface area (Å²) in [5, 5.41) is 0. The molecule has 3 heterocycles. The van der Waals surface area contributed by atoms with Gasteiger partial charge >= 0.3 is 5.97 Å². The molecule has 2 aliphatic rings. The fourth-order valence-corrected chi connectivity index (χ4v) is 4.49. The zero-order chi connectivity index (χ0) is 24.5. The molecule has 0 aliphatic carbocycles. The normalized spacial score (nSPS) is 15.5. The Balaban J connectivity index is 1.30. The Morgan fingerprint density at radius 2 is 1.74 bits per heavy atom. The minimum Gasteiger partial charge on any atom is -0.449 e. The van der Waals surface area contributed by atoms with Crippen molar-refractivity contribution in [3.63, 3.8) is 0 Å². The number of amides is 3. The molecule has 1 atom stereocenters. The van der Waals surface area contributed by atoms with Gasteiger partial charge in [-0.25, -0.2) is 4.79 Å². The lowest BCUT2D eigenvalue weighted by Crippen LogP contribution is -2.42. The number of carbonyl (C=O) groups is 4. The Bertz CT molecular complexity index is 1340. The standard InChI is InChI=1S/C27H23N3O5/c1-17(24(31)29-14-4-6-19-5-2-3-7-23(19)29)35-27(34)20-8-9-21-22(15-20)26(33)30(25(21)32)16-18-10-12-28-13-11-18/h2-3,5,7-13,15,17H,4,6,14,16H2,1H3/t17-/m1/s1. The van der Waals surface area contributed by atoms with Gasteiger partial charge in [0.25, 0.3) is 17.7 Å². The van der Waals surface area contributed by atoms with Gasteiger partial charge in [-0.05, 0) is 67.3 Å². The van der Waals surface area contributed by atoms with Crippen LogP contribution < -0.4 is 4.90 Å². The van der Waals surface area contributed by atoms with Gasteiger partial charge < -0.3 is 9.64 Å². The molecule has 3 amide bonds. The molecule has 8 nitrogen and oxygen atoms in total. The molecule has 35 heavy (non-hydrogen) atoms. The lowest BCUT2D eigenvalue weighted by Gasteiger charge is -2.31. The molecule has 5 rings (SSSR count). The van der Waals surface area contributed by atoms with E-state index >= 15 is 0 Å². The van der Waals surface area contributed by atoms with Gasteiger partial charge in [-0.1, -0.05) is 18.2 Å². The van der Waals surface area contributed by atoms with Gasteiger partial charge in [0.2, 0.25) is 0 Å². The van der Waals surface area contributed by atoms with Crippen molar-refractivity contribution in [3.8, 4) is 0 Å². The molecule has 2 aromatic carbocycles. The van der Waals surface area contributed by atoms with Gasteiger partial charge in [-0.15, -0.1) is 0 Å². The number of ether oxygens (including phenoxy) is 1. The number of rotatable bonds is 5. The zero-order valence-electron chi connectivity index (χ0n) is 19.1. The number of esters is 1. The number of pyridine rings is 1. The first kappa shape index (κ1) is 22.5. The highest BCUT2D eigenvalue weighted by Crippen LogP contribution is 2.28. The van der Waals surface area contributed by atoms with Crippen LogP contribution in [-0.2, 0) is 22.5 Å². The molecule has 0 bridgehead atoms. The fourth-order valence-electron chi connectivity index (χ4n) is 4.49. The molecule has 0 N–H and O–H groups in total. The molecule has 3 aromatic rings. The smallest absolute Gasteiger partial charge is 0.338 e. The lowest BCUT2D eigenvalue weighted by molar-refractivity contribution is -0.126. The van der Waals surface area contributed by atoms with Crippen LogP contribution in [0.2, 0.25) is 0 Å². The third kappa shape index (κ3) is 4.19. The third-order valence-electron chi connectivity index (χ3n) is 6.30. The van der Waals surface area contributed by atoms with Crippen LogP contribution in [0, 0.1) is 0 Å². The van der Waals surface area contributed by atoms with E-state index in [0.717, 1.165) is 34.6 Å². The Labute approximate surface area is 202 Å². The lowest BCUT2D eigenvalue weighted by atomic mass is 10.0. The molecule has 176 valence electrons. The number of anilines is 1. The summed E-state index contributed by atoms with van der Waals surface area (Å²) in [4.78, 5) is 58.3. The van der Waals surface area contributed by atoms with Crippen LogP contribution in [0.15, 0.2) is 67.0 Å². The van der Waals surface area contributed by atoms with Crippen LogP contribution in [0.3, 0.4) is 0 Å². The van der Waals surface area contributed by atoms with Crippen molar-refractivity contribution < 1.29 is 23.9 Å². The first-order valence-electron chi connectivity index (χ1n) is 11.4. The van der Waals surface area contributed by atoms with E-state index in [1.54, 1.807) is 29.4 Å². The molecule has 0 saturated heterocycles. The topological polar surface area (TPSA) is 96.9 Å². The molecule has 0 spiro atoms. The highest BCUT2D eigenvalue weighted by Gasteiger charge is 2.36. The van der Waals surface area contributed by atoms with Gasteiger partial charge in [-0.2, -0.15) is 0 Å². The molecular weight excluding hydrogens is 446 g/mol. The summed E-state index contributed by atoms with van der Waals surface area (Å²) in [7, 11) is 0. The quantitative estimate of drug-likeness (QED) is 0.420. The number of aryl methyl sites for hydroxylation is 1. The summed E-state index contributed by atoms with van der Waals surface area (Å²) in [5.41, 5.74) is 3.17. The number of aromatic nitrogens is 1. The number of para-hydroxylation sites is 1. The van der Waals surface area contributed by atoms with Crippen molar-refractivity contribution in [3.05, 3.63) is 94.8 Å². The number of imide groups is 1. The van der Waals surface area contributed by atoms with Crippen LogP contribution >= 0.6 is 0 Å². The van der Waals surface area contributed by atoms with Crippen LogP contribution in [0.1, 0.15) is 55.5 Å². The summed E-state index contributed by atoms with van der Waals surface area (Å²) in [5.74, 6) is -1.94. The summed E-state index contributed by atoms with van der Waals surface area (Å²) < 4.78 is 5.46. The maximum absolute atomic E-state index is 13.1. The SMILES string of the molecule is C[C@@H](OC(=O)c1ccc2c(c1)C(=O)N(Cc1ccncc1)C2=O)C(=O)N1CCCc2ccccc21. The van der Waals surface area contributed by atoms with Crippen LogP contribution in [0.25, 0.3) is 0 Å². The summed E-state index contributed by atoms with van der Waals surface area (Å²) in [6.45, 7) is 2.20. The molecule has 2 aliphatic heterocycles. The summed E-state index contributed by atoms with van der Waals surface area (Å²) in [6.07, 6.45) is 3.90. The van der Waals surface area contributed by atoms with Gasteiger partial charge in [0.1, 0.15) is 0 Å². The number of hydrogen-bond acceptors (Lipinski definition) is 6. The van der Waals surface area contributed by atoms with Crippen molar-refractivity contribution in [1.82, 2.24) is 9.88 Å².